The molecule has 1 unspecified atom stereocenters. The minimum Gasteiger partial charge on any atom is -0.457 e. The second-order valence-electron chi connectivity index (χ2n) is 4.24. The fourth-order valence-corrected chi connectivity index (χ4v) is 2.63. The Balaban J connectivity index is 2.05. The normalized spacial score (nSPS) is 22.9. The first kappa shape index (κ1) is 10.7. The molecule has 0 aliphatic carbocycles. The van der Waals surface area contributed by atoms with Gasteiger partial charge in [0.25, 0.3) is 0 Å². The number of amides is 1. The van der Waals surface area contributed by atoms with Crippen molar-refractivity contribution in [2.24, 2.45) is 0 Å². The highest BCUT2D eigenvalue weighted by Gasteiger charge is 2.33. The topological polar surface area (TPSA) is 46.6 Å². The average molecular weight is 249 g/mol. The van der Waals surface area contributed by atoms with E-state index in [1.165, 1.54) is 0 Å². The maximum atomic E-state index is 11.8. The van der Waals surface area contributed by atoms with Crippen LogP contribution in [0.1, 0.15) is 22.3 Å². The van der Waals surface area contributed by atoms with Gasteiger partial charge < -0.3 is 9.64 Å². The first-order chi connectivity index (χ1) is 8.16. The van der Waals surface area contributed by atoms with Gasteiger partial charge in [0.1, 0.15) is 6.61 Å². The summed E-state index contributed by atoms with van der Waals surface area (Å²) in [7, 11) is 0. The van der Waals surface area contributed by atoms with Gasteiger partial charge in [-0.3, -0.25) is 4.79 Å². The predicted molar refractivity (Wildman–Crippen MR) is 65.3 cm³/mol. The van der Waals surface area contributed by atoms with Gasteiger partial charge in [0, 0.05) is 23.8 Å². The zero-order valence-electron chi connectivity index (χ0n) is 9.05. The van der Waals surface area contributed by atoms with Crippen molar-refractivity contribution < 1.29 is 14.3 Å². The van der Waals surface area contributed by atoms with Gasteiger partial charge in [-0.2, -0.15) is 12.6 Å². The monoisotopic (exact) mass is 249 g/mol. The van der Waals surface area contributed by atoms with E-state index in [9.17, 15) is 9.59 Å². The lowest BCUT2D eigenvalue weighted by Gasteiger charge is -2.18. The Bertz CT molecular complexity index is 514. The third kappa shape index (κ3) is 1.61. The molecule has 0 N–H and O–H groups in total. The number of esters is 1. The van der Waals surface area contributed by atoms with Crippen molar-refractivity contribution in [2.45, 2.75) is 18.3 Å². The standard InChI is InChI=1S/C12H11NO3S/c14-11-4-7(17)5-13(11)10-3-1-2-8-9(10)6-16-12(8)15/h1-3,7,17H,4-6H2. The van der Waals surface area contributed by atoms with Crippen LogP contribution in [-0.2, 0) is 16.1 Å². The molecule has 3 rings (SSSR count). The fourth-order valence-electron chi connectivity index (χ4n) is 2.31. The van der Waals surface area contributed by atoms with Crippen LogP contribution >= 0.6 is 12.6 Å². The molecule has 1 aromatic rings. The van der Waals surface area contributed by atoms with Crippen molar-refractivity contribution in [1.29, 1.82) is 0 Å². The number of anilines is 1. The van der Waals surface area contributed by atoms with Gasteiger partial charge in [-0.25, -0.2) is 4.79 Å². The van der Waals surface area contributed by atoms with Crippen LogP contribution in [0.3, 0.4) is 0 Å². The van der Waals surface area contributed by atoms with E-state index < -0.39 is 0 Å². The molecule has 0 aromatic heterocycles. The first-order valence-electron chi connectivity index (χ1n) is 5.44. The first-order valence-corrected chi connectivity index (χ1v) is 5.96. The lowest BCUT2D eigenvalue weighted by molar-refractivity contribution is -0.117. The van der Waals surface area contributed by atoms with Crippen LogP contribution in [0, 0.1) is 0 Å². The van der Waals surface area contributed by atoms with E-state index >= 15 is 0 Å². The number of benzene rings is 1. The lowest BCUT2D eigenvalue weighted by atomic mass is 10.1. The fraction of sp³-hybridized carbons (Fsp3) is 0.333. The van der Waals surface area contributed by atoms with Gasteiger partial charge in [-0.05, 0) is 12.1 Å². The second kappa shape index (κ2) is 3.77. The number of carbonyl (C=O) groups is 2. The van der Waals surface area contributed by atoms with Crippen molar-refractivity contribution in [2.75, 3.05) is 11.4 Å². The molecular weight excluding hydrogens is 238 g/mol. The smallest absolute Gasteiger partial charge is 0.338 e. The molecule has 88 valence electrons. The molecular formula is C12H11NO3S. The molecule has 1 saturated heterocycles. The zero-order valence-corrected chi connectivity index (χ0v) is 9.94. The van der Waals surface area contributed by atoms with Crippen LogP contribution in [0.5, 0.6) is 0 Å². The number of hydrogen-bond donors (Lipinski definition) is 1. The van der Waals surface area contributed by atoms with E-state index in [0.29, 0.717) is 18.5 Å². The second-order valence-corrected chi connectivity index (χ2v) is 4.97. The Morgan fingerprint density at radius 3 is 2.88 bits per heavy atom. The van der Waals surface area contributed by atoms with E-state index in [2.05, 4.69) is 12.6 Å². The summed E-state index contributed by atoms with van der Waals surface area (Å²) >= 11 is 4.32. The molecule has 2 heterocycles. The molecule has 2 aliphatic rings. The Labute approximate surface area is 104 Å². The van der Waals surface area contributed by atoms with Crippen LogP contribution < -0.4 is 4.90 Å². The lowest BCUT2D eigenvalue weighted by Crippen LogP contribution is -2.25. The molecule has 0 spiro atoms. The van der Waals surface area contributed by atoms with Crippen molar-refractivity contribution in [3.05, 3.63) is 29.3 Å². The van der Waals surface area contributed by atoms with E-state index in [1.807, 2.05) is 6.07 Å². The molecule has 0 radical (unpaired) electrons. The number of ether oxygens (including phenoxy) is 1. The number of cyclic esters (lactones) is 1. The summed E-state index contributed by atoms with van der Waals surface area (Å²) in [5, 5.41) is 0.0661. The summed E-state index contributed by atoms with van der Waals surface area (Å²) in [6.07, 6.45) is 0.446. The highest BCUT2D eigenvalue weighted by atomic mass is 32.1. The largest absolute Gasteiger partial charge is 0.457 e. The van der Waals surface area contributed by atoms with E-state index in [0.717, 1.165) is 11.3 Å². The molecule has 1 amide bonds. The molecule has 0 saturated carbocycles. The number of hydrogen-bond acceptors (Lipinski definition) is 4. The summed E-state index contributed by atoms with van der Waals surface area (Å²) in [5.41, 5.74) is 2.17. The van der Waals surface area contributed by atoms with Crippen LogP contribution in [0.25, 0.3) is 0 Å². The molecule has 1 fully saturated rings. The van der Waals surface area contributed by atoms with Gasteiger partial charge in [0.05, 0.1) is 11.3 Å². The SMILES string of the molecule is O=C1OCc2c1cccc2N1CC(S)CC1=O. The van der Waals surface area contributed by atoms with Gasteiger partial charge in [-0.15, -0.1) is 0 Å². The maximum absolute atomic E-state index is 11.8. The van der Waals surface area contributed by atoms with Gasteiger partial charge >= 0.3 is 5.97 Å². The number of nitrogens with zero attached hydrogens (tertiary/aromatic N) is 1. The summed E-state index contributed by atoms with van der Waals surface area (Å²) < 4.78 is 4.99. The summed E-state index contributed by atoms with van der Waals surface area (Å²) in [5.74, 6) is -0.256. The predicted octanol–water partition coefficient (Wildman–Crippen LogP) is 1.39. The van der Waals surface area contributed by atoms with E-state index in [-0.39, 0.29) is 23.7 Å². The average Bonchev–Trinajstić information content (AvgIpc) is 2.83. The maximum Gasteiger partial charge on any atom is 0.338 e. The molecule has 2 aliphatic heterocycles. The number of thiol groups is 1. The minimum atomic E-state index is -0.309. The number of rotatable bonds is 1. The van der Waals surface area contributed by atoms with Gasteiger partial charge in [-0.1, -0.05) is 6.07 Å². The Morgan fingerprint density at radius 1 is 1.35 bits per heavy atom. The third-order valence-corrected chi connectivity index (χ3v) is 3.46. The Hall–Kier alpha value is -1.49. The van der Waals surface area contributed by atoms with E-state index in [4.69, 9.17) is 4.74 Å². The van der Waals surface area contributed by atoms with Gasteiger partial charge in [0.2, 0.25) is 5.91 Å². The zero-order chi connectivity index (χ0) is 12.0. The molecule has 4 nitrogen and oxygen atoms in total. The molecule has 1 aromatic carbocycles. The highest BCUT2D eigenvalue weighted by Crippen LogP contribution is 2.33. The molecule has 17 heavy (non-hydrogen) atoms. The highest BCUT2D eigenvalue weighted by molar-refractivity contribution is 7.81. The number of fused-ring (bicyclic) bond motifs is 1. The van der Waals surface area contributed by atoms with E-state index in [1.54, 1.807) is 17.0 Å². The number of carbonyl (C=O) groups excluding carboxylic acids is 2. The quantitative estimate of drug-likeness (QED) is 0.604. The molecule has 0 bridgehead atoms. The summed E-state index contributed by atoms with van der Waals surface area (Å²) in [6.45, 7) is 0.845. The van der Waals surface area contributed by atoms with Crippen molar-refractivity contribution >= 4 is 30.2 Å². The van der Waals surface area contributed by atoms with Crippen LogP contribution in [0.4, 0.5) is 5.69 Å². The van der Waals surface area contributed by atoms with Crippen molar-refractivity contribution in [3.8, 4) is 0 Å². The third-order valence-electron chi connectivity index (χ3n) is 3.11. The Kier molecular flexibility index (Phi) is 2.36. The Morgan fingerprint density at radius 2 is 2.18 bits per heavy atom. The van der Waals surface area contributed by atoms with Crippen LogP contribution in [-0.4, -0.2) is 23.7 Å². The van der Waals surface area contributed by atoms with Crippen molar-refractivity contribution in [1.82, 2.24) is 0 Å². The summed E-state index contributed by atoms with van der Waals surface area (Å²) in [4.78, 5) is 24.9. The van der Waals surface area contributed by atoms with Crippen LogP contribution in [0.2, 0.25) is 0 Å². The van der Waals surface area contributed by atoms with Crippen molar-refractivity contribution in [3.63, 3.8) is 0 Å². The molecule has 5 heteroatoms. The molecule has 1 atom stereocenters. The summed E-state index contributed by atoms with van der Waals surface area (Å²) in [6, 6.07) is 5.36. The van der Waals surface area contributed by atoms with Crippen LogP contribution in [0.15, 0.2) is 18.2 Å². The van der Waals surface area contributed by atoms with Gasteiger partial charge in [0.15, 0.2) is 0 Å². The minimum absolute atomic E-state index is 0.0535.